The second kappa shape index (κ2) is 10.6. The first-order valence-corrected chi connectivity index (χ1v) is 14.7. The molecule has 6 rings (SSSR count). The molecule has 3 N–H and O–H groups in total. The summed E-state index contributed by atoms with van der Waals surface area (Å²) in [5, 5.41) is 17.1. The van der Waals surface area contributed by atoms with E-state index in [4.69, 9.17) is 11.6 Å². The number of halogens is 1. The summed E-state index contributed by atoms with van der Waals surface area (Å²) >= 11 is 7.65. The number of aliphatic hydroxyl groups excluding tert-OH is 1. The number of aliphatic hydroxyl groups is 1. The molecule has 7 atom stereocenters. The van der Waals surface area contributed by atoms with Crippen molar-refractivity contribution in [2.45, 2.75) is 35.4 Å². The summed E-state index contributed by atoms with van der Waals surface area (Å²) in [4.78, 5) is 44.0. The van der Waals surface area contributed by atoms with Gasteiger partial charge in [-0.1, -0.05) is 67.1 Å². The van der Waals surface area contributed by atoms with Crippen LogP contribution in [-0.4, -0.2) is 50.4 Å². The fourth-order valence-corrected chi connectivity index (χ4v) is 9.45. The average molecular weight is 576 g/mol. The summed E-state index contributed by atoms with van der Waals surface area (Å²) in [7, 11) is 0. The number of nitrogens with zero attached hydrogens (tertiary/aromatic N) is 1. The second-order valence-corrected chi connectivity index (χ2v) is 12.7. The van der Waals surface area contributed by atoms with Gasteiger partial charge in [-0.3, -0.25) is 14.4 Å². The van der Waals surface area contributed by atoms with Gasteiger partial charge < -0.3 is 20.6 Å². The molecule has 3 fully saturated rings. The highest BCUT2D eigenvalue weighted by molar-refractivity contribution is 8.02. The Morgan fingerprint density at radius 2 is 1.57 bits per heavy atom. The number of carbonyl (C=O) groups excluding carboxylic acids is 3. The predicted octanol–water partition coefficient (Wildman–Crippen LogP) is 4.99. The van der Waals surface area contributed by atoms with Crippen LogP contribution >= 0.6 is 23.4 Å². The standard InChI is InChI=1S/C31H30ClN3O4S/c1-18-16-24-25(28(37)33-21-10-6-3-7-11-21)26-30(39)35(23(17-36)19-8-4-2-5-9-19)27(31(18,26)40-24)29(38)34-22-14-12-20(32)13-15-22/h2-15,18,23-27,36H,16-17H2,1H3,(H,33,37)(H,34,38)/t18?,23-,24-,25+,26+,27?,31?/m1/s1. The number of likely N-dealkylation sites (tertiary alicyclic amines) is 1. The number of benzene rings is 3. The van der Waals surface area contributed by atoms with E-state index in [0.717, 1.165) is 12.0 Å². The van der Waals surface area contributed by atoms with Crippen molar-refractivity contribution < 1.29 is 19.5 Å². The molecule has 40 heavy (non-hydrogen) atoms. The lowest BCUT2D eigenvalue weighted by molar-refractivity contribution is -0.141. The first kappa shape index (κ1) is 26.9. The van der Waals surface area contributed by atoms with Gasteiger partial charge in [-0.15, -0.1) is 11.8 Å². The van der Waals surface area contributed by atoms with E-state index in [2.05, 4.69) is 17.6 Å². The van der Waals surface area contributed by atoms with E-state index in [-0.39, 0.29) is 35.5 Å². The quantitative estimate of drug-likeness (QED) is 0.369. The summed E-state index contributed by atoms with van der Waals surface area (Å²) in [6.07, 6.45) is 0.717. The van der Waals surface area contributed by atoms with Gasteiger partial charge >= 0.3 is 0 Å². The number of amides is 3. The summed E-state index contributed by atoms with van der Waals surface area (Å²) < 4.78 is -0.820. The fourth-order valence-electron chi connectivity index (χ4n) is 6.92. The molecule has 9 heteroatoms. The van der Waals surface area contributed by atoms with Gasteiger partial charge in [0.15, 0.2) is 0 Å². The highest BCUT2D eigenvalue weighted by Crippen LogP contribution is 2.69. The minimum absolute atomic E-state index is 0.00157. The number of carbonyl (C=O) groups is 3. The molecule has 3 aromatic rings. The second-order valence-electron chi connectivity index (χ2n) is 10.8. The van der Waals surface area contributed by atoms with Crippen molar-refractivity contribution in [2.24, 2.45) is 17.8 Å². The average Bonchev–Trinajstić information content (AvgIpc) is 3.55. The first-order valence-electron chi connectivity index (χ1n) is 13.4. The molecular formula is C31H30ClN3O4S. The fraction of sp³-hybridized carbons (Fsp3) is 0.323. The van der Waals surface area contributed by atoms with Crippen molar-refractivity contribution in [3.63, 3.8) is 0 Å². The van der Waals surface area contributed by atoms with E-state index in [1.807, 2.05) is 60.7 Å². The molecule has 7 nitrogen and oxygen atoms in total. The molecule has 3 aliphatic rings. The molecule has 3 amide bonds. The van der Waals surface area contributed by atoms with Crippen molar-refractivity contribution in [3.05, 3.63) is 95.5 Å². The molecule has 0 saturated carbocycles. The normalized spacial score (nSPS) is 29.2. The molecule has 3 aliphatic heterocycles. The monoisotopic (exact) mass is 575 g/mol. The summed E-state index contributed by atoms with van der Waals surface area (Å²) in [5.74, 6) is -2.12. The van der Waals surface area contributed by atoms with E-state index in [1.54, 1.807) is 40.9 Å². The summed E-state index contributed by atoms with van der Waals surface area (Å²) in [6, 6.07) is 23.7. The Balaban J connectivity index is 1.42. The number of fused-ring (bicyclic) bond motifs is 1. The van der Waals surface area contributed by atoms with Gasteiger partial charge in [0, 0.05) is 21.6 Å². The molecular weight excluding hydrogens is 546 g/mol. The van der Waals surface area contributed by atoms with Crippen LogP contribution in [0.1, 0.15) is 24.9 Å². The van der Waals surface area contributed by atoms with E-state index in [9.17, 15) is 19.5 Å². The van der Waals surface area contributed by atoms with Gasteiger partial charge in [0.05, 0.1) is 29.2 Å². The van der Waals surface area contributed by atoms with Crippen LogP contribution in [0.2, 0.25) is 5.02 Å². The Morgan fingerprint density at radius 3 is 2.23 bits per heavy atom. The Kier molecular flexibility index (Phi) is 7.10. The van der Waals surface area contributed by atoms with Crippen molar-refractivity contribution in [2.75, 3.05) is 17.2 Å². The van der Waals surface area contributed by atoms with Gasteiger partial charge in [-0.2, -0.15) is 0 Å². The molecule has 206 valence electrons. The van der Waals surface area contributed by atoms with Crippen LogP contribution in [0.4, 0.5) is 11.4 Å². The Hall–Kier alpha value is -3.33. The Labute approximate surface area is 242 Å². The lowest BCUT2D eigenvalue weighted by atomic mass is 9.66. The number of hydrogen-bond donors (Lipinski definition) is 3. The maximum absolute atomic E-state index is 14.5. The van der Waals surface area contributed by atoms with Crippen molar-refractivity contribution >= 4 is 52.5 Å². The third-order valence-electron chi connectivity index (χ3n) is 8.58. The lowest BCUT2D eigenvalue weighted by Crippen LogP contribution is -2.55. The minimum atomic E-state index is -0.891. The van der Waals surface area contributed by atoms with Gasteiger partial charge in [0.25, 0.3) is 0 Å². The topological polar surface area (TPSA) is 98.7 Å². The molecule has 2 bridgehead atoms. The third-order valence-corrected chi connectivity index (χ3v) is 10.9. The van der Waals surface area contributed by atoms with Crippen molar-refractivity contribution in [1.29, 1.82) is 0 Å². The zero-order valence-electron chi connectivity index (χ0n) is 21.9. The van der Waals surface area contributed by atoms with Crippen molar-refractivity contribution in [1.82, 2.24) is 4.90 Å². The third kappa shape index (κ3) is 4.29. The van der Waals surface area contributed by atoms with Gasteiger partial charge in [-0.05, 0) is 54.3 Å². The molecule has 0 aromatic heterocycles. The molecule has 0 aliphatic carbocycles. The smallest absolute Gasteiger partial charge is 0.248 e. The number of anilines is 2. The van der Waals surface area contributed by atoms with Crippen LogP contribution in [0.3, 0.4) is 0 Å². The Morgan fingerprint density at radius 1 is 0.975 bits per heavy atom. The van der Waals surface area contributed by atoms with Gasteiger partial charge in [-0.25, -0.2) is 0 Å². The van der Waals surface area contributed by atoms with E-state index < -0.39 is 28.7 Å². The highest BCUT2D eigenvalue weighted by Gasteiger charge is 2.76. The van der Waals surface area contributed by atoms with E-state index in [1.165, 1.54) is 0 Å². The first-order chi connectivity index (χ1) is 19.3. The molecule has 3 unspecified atom stereocenters. The lowest BCUT2D eigenvalue weighted by Gasteiger charge is -2.40. The summed E-state index contributed by atoms with van der Waals surface area (Å²) in [5.41, 5.74) is 1.96. The van der Waals surface area contributed by atoms with Gasteiger partial charge in [0.2, 0.25) is 17.7 Å². The number of para-hydroxylation sites is 1. The molecule has 1 spiro atoms. The van der Waals surface area contributed by atoms with Crippen LogP contribution in [0.25, 0.3) is 0 Å². The van der Waals surface area contributed by atoms with Crippen LogP contribution in [0.5, 0.6) is 0 Å². The van der Waals surface area contributed by atoms with E-state index >= 15 is 0 Å². The van der Waals surface area contributed by atoms with E-state index in [0.29, 0.717) is 16.4 Å². The highest BCUT2D eigenvalue weighted by atomic mass is 35.5. The molecule has 3 aromatic carbocycles. The maximum atomic E-state index is 14.5. The molecule has 3 saturated heterocycles. The minimum Gasteiger partial charge on any atom is -0.394 e. The zero-order chi connectivity index (χ0) is 28.0. The number of rotatable bonds is 7. The predicted molar refractivity (Wildman–Crippen MR) is 157 cm³/mol. The number of hydrogen-bond acceptors (Lipinski definition) is 5. The van der Waals surface area contributed by atoms with Crippen LogP contribution in [-0.2, 0) is 14.4 Å². The number of thioether (sulfide) groups is 1. The van der Waals surface area contributed by atoms with Gasteiger partial charge in [0.1, 0.15) is 6.04 Å². The maximum Gasteiger partial charge on any atom is 0.248 e. The summed E-state index contributed by atoms with van der Waals surface area (Å²) in [6.45, 7) is 1.72. The number of nitrogens with one attached hydrogen (secondary N) is 2. The van der Waals surface area contributed by atoms with Crippen LogP contribution in [0.15, 0.2) is 84.9 Å². The largest absolute Gasteiger partial charge is 0.394 e. The Bertz CT molecular complexity index is 1420. The van der Waals surface area contributed by atoms with Crippen molar-refractivity contribution in [3.8, 4) is 0 Å². The molecule has 3 heterocycles. The SMILES string of the molecule is CC1C[C@H]2SC13C(C(=O)Nc1ccc(Cl)cc1)N([C@H](CO)c1ccccc1)C(=O)[C@@H]3[C@H]2C(=O)Nc1ccccc1. The molecule has 0 radical (unpaired) electrons. The van der Waals surface area contributed by atoms with Crippen LogP contribution in [0, 0.1) is 17.8 Å². The zero-order valence-corrected chi connectivity index (χ0v) is 23.4. The van der Waals surface area contributed by atoms with Crippen LogP contribution < -0.4 is 10.6 Å².